The number of nitrogens with zero attached hydrogens (tertiary/aromatic N) is 2. The second-order valence-electron chi connectivity index (χ2n) is 4.65. The number of hydrogen-bond donors (Lipinski definition) is 0. The quantitative estimate of drug-likeness (QED) is 0.673. The van der Waals surface area contributed by atoms with E-state index in [0.29, 0.717) is 6.42 Å². The van der Waals surface area contributed by atoms with E-state index in [1.807, 2.05) is 19.0 Å². The SMILES string of the molecule is C/N=C/C1CC[C@@H](C(F)(F)F)C[C@@H]1N(C)C. The third-order valence-electron chi connectivity index (χ3n) is 3.34. The molecule has 1 fully saturated rings. The highest BCUT2D eigenvalue weighted by molar-refractivity contribution is 5.61. The van der Waals surface area contributed by atoms with E-state index in [9.17, 15) is 13.2 Å². The van der Waals surface area contributed by atoms with Crippen LogP contribution in [0.5, 0.6) is 0 Å². The van der Waals surface area contributed by atoms with Crippen LogP contribution in [0.25, 0.3) is 0 Å². The fourth-order valence-corrected chi connectivity index (χ4v) is 2.43. The average molecular weight is 236 g/mol. The predicted molar refractivity (Wildman–Crippen MR) is 58.8 cm³/mol. The monoisotopic (exact) mass is 236 g/mol. The van der Waals surface area contributed by atoms with Gasteiger partial charge in [0.1, 0.15) is 0 Å². The summed E-state index contributed by atoms with van der Waals surface area (Å²) >= 11 is 0. The van der Waals surface area contributed by atoms with E-state index in [0.717, 1.165) is 0 Å². The molecule has 1 rings (SSSR count). The molecule has 0 N–H and O–H groups in total. The standard InChI is InChI=1S/C11H19F3N2/c1-15-7-8-4-5-9(11(12,13)14)6-10(8)16(2)3/h7-10H,4-6H2,1-3H3/b15-7+/t8?,9-,10+/m1/s1. The van der Waals surface area contributed by atoms with E-state index in [4.69, 9.17) is 0 Å². The molecule has 0 radical (unpaired) electrons. The minimum absolute atomic E-state index is 0.0518. The molecular formula is C11H19F3N2. The van der Waals surface area contributed by atoms with Crippen molar-refractivity contribution in [2.75, 3.05) is 21.1 Å². The van der Waals surface area contributed by atoms with Crippen molar-refractivity contribution in [2.24, 2.45) is 16.8 Å². The molecule has 1 unspecified atom stereocenters. The molecule has 0 aliphatic heterocycles. The van der Waals surface area contributed by atoms with Crippen molar-refractivity contribution in [2.45, 2.75) is 31.5 Å². The lowest BCUT2D eigenvalue weighted by Gasteiger charge is -2.38. The van der Waals surface area contributed by atoms with Crippen molar-refractivity contribution in [3.05, 3.63) is 0 Å². The molecule has 16 heavy (non-hydrogen) atoms. The summed E-state index contributed by atoms with van der Waals surface area (Å²) < 4.78 is 37.9. The number of hydrogen-bond acceptors (Lipinski definition) is 2. The largest absolute Gasteiger partial charge is 0.391 e. The Morgan fingerprint density at radius 1 is 1.25 bits per heavy atom. The molecule has 0 heterocycles. The average Bonchev–Trinajstić information content (AvgIpc) is 2.16. The van der Waals surface area contributed by atoms with Gasteiger partial charge in [0.2, 0.25) is 0 Å². The Morgan fingerprint density at radius 2 is 1.88 bits per heavy atom. The van der Waals surface area contributed by atoms with Crippen LogP contribution in [-0.2, 0) is 0 Å². The lowest BCUT2D eigenvalue weighted by Crippen LogP contribution is -2.44. The Morgan fingerprint density at radius 3 is 2.31 bits per heavy atom. The Balaban J connectivity index is 2.72. The van der Waals surface area contributed by atoms with Crippen molar-refractivity contribution in [1.82, 2.24) is 4.90 Å². The zero-order valence-electron chi connectivity index (χ0n) is 9.96. The highest BCUT2D eigenvalue weighted by Crippen LogP contribution is 2.40. The van der Waals surface area contributed by atoms with Gasteiger partial charge in [-0.3, -0.25) is 0 Å². The molecule has 3 atom stereocenters. The zero-order valence-corrected chi connectivity index (χ0v) is 9.96. The summed E-state index contributed by atoms with van der Waals surface area (Å²) in [5, 5.41) is 0. The van der Waals surface area contributed by atoms with Gasteiger partial charge in [0, 0.05) is 25.2 Å². The van der Waals surface area contributed by atoms with Gasteiger partial charge in [-0.05, 0) is 33.4 Å². The minimum Gasteiger partial charge on any atom is -0.306 e. The van der Waals surface area contributed by atoms with Crippen molar-refractivity contribution in [1.29, 1.82) is 0 Å². The lowest BCUT2D eigenvalue weighted by molar-refractivity contribution is -0.187. The molecule has 2 nitrogen and oxygen atoms in total. The lowest BCUT2D eigenvalue weighted by atomic mass is 9.78. The van der Waals surface area contributed by atoms with Crippen LogP contribution >= 0.6 is 0 Å². The van der Waals surface area contributed by atoms with E-state index < -0.39 is 12.1 Å². The van der Waals surface area contributed by atoms with Gasteiger partial charge >= 0.3 is 6.18 Å². The normalized spacial score (nSPS) is 32.6. The Labute approximate surface area is 94.5 Å². The van der Waals surface area contributed by atoms with E-state index >= 15 is 0 Å². The van der Waals surface area contributed by atoms with Crippen LogP contribution in [0.15, 0.2) is 4.99 Å². The smallest absolute Gasteiger partial charge is 0.306 e. The van der Waals surface area contributed by atoms with Gasteiger partial charge in [-0.1, -0.05) is 0 Å². The Hall–Kier alpha value is -0.580. The molecule has 0 saturated heterocycles. The van der Waals surface area contributed by atoms with Gasteiger partial charge in [0.15, 0.2) is 0 Å². The van der Waals surface area contributed by atoms with Crippen LogP contribution in [0.3, 0.4) is 0 Å². The van der Waals surface area contributed by atoms with Crippen molar-refractivity contribution in [3.63, 3.8) is 0 Å². The minimum atomic E-state index is -4.05. The van der Waals surface area contributed by atoms with Gasteiger partial charge in [-0.2, -0.15) is 13.2 Å². The topological polar surface area (TPSA) is 15.6 Å². The molecule has 0 spiro atoms. The molecule has 5 heteroatoms. The maximum atomic E-state index is 12.6. The second kappa shape index (κ2) is 5.17. The van der Waals surface area contributed by atoms with Gasteiger partial charge in [-0.15, -0.1) is 0 Å². The van der Waals surface area contributed by atoms with E-state index in [-0.39, 0.29) is 24.8 Å². The van der Waals surface area contributed by atoms with Crippen LogP contribution in [0.1, 0.15) is 19.3 Å². The highest BCUT2D eigenvalue weighted by Gasteiger charge is 2.44. The predicted octanol–water partition coefficient (Wildman–Crippen LogP) is 2.60. The zero-order chi connectivity index (χ0) is 12.3. The van der Waals surface area contributed by atoms with E-state index in [1.165, 1.54) is 0 Å². The number of aliphatic imine (C=N–C) groups is 1. The van der Waals surface area contributed by atoms with Crippen LogP contribution in [0.4, 0.5) is 13.2 Å². The summed E-state index contributed by atoms with van der Waals surface area (Å²) in [4.78, 5) is 5.83. The fraction of sp³-hybridized carbons (Fsp3) is 0.909. The van der Waals surface area contributed by atoms with E-state index in [2.05, 4.69) is 4.99 Å². The van der Waals surface area contributed by atoms with Crippen LogP contribution in [0, 0.1) is 11.8 Å². The molecular weight excluding hydrogens is 217 g/mol. The van der Waals surface area contributed by atoms with Crippen LogP contribution < -0.4 is 0 Å². The summed E-state index contributed by atoms with van der Waals surface area (Å²) in [7, 11) is 5.34. The third kappa shape index (κ3) is 3.20. The van der Waals surface area contributed by atoms with Crippen LogP contribution in [-0.4, -0.2) is 44.5 Å². The van der Waals surface area contributed by atoms with Gasteiger partial charge in [0.25, 0.3) is 0 Å². The molecule has 1 aliphatic rings. The molecule has 94 valence electrons. The Bertz CT molecular complexity index is 248. The van der Waals surface area contributed by atoms with Crippen LogP contribution in [0.2, 0.25) is 0 Å². The van der Waals surface area contributed by atoms with Gasteiger partial charge in [-0.25, -0.2) is 0 Å². The summed E-state index contributed by atoms with van der Waals surface area (Å²) in [6, 6.07) is -0.0518. The molecule has 0 aromatic rings. The Kier molecular flexibility index (Phi) is 4.35. The first-order valence-electron chi connectivity index (χ1n) is 5.51. The number of halogens is 3. The number of rotatable bonds is 2. The molecule has 0 aromatic carbocycles. The first-order valence-corrected chi connectivity index (χ1v) is 5.51. The van der Waals surface area contributed by atoms with Crippen molar-refractivity contribution in [3.8, 4) is 0 Å². The van der Waals surface area contributed by atoms with E-state index in [1.54, 1.807) is 13.3 Å². The highest BCUT2D eigenvalue weighted by atomic mass is 19.4. The third-order valence-corrected chi connectivity index (χ3v) is 3.34. The molecule has 1 aliphatic carbocycles. The van der Waals surface area contributed by atoms with Crippen molar-refractivity contribution < 1.29 is 13.2 Å². The summed E-state index contributed by atoms with van der Waals surface area (Å²) in [6.07, 6.45) is -1.28. The van der Waals surface area contributed by atoms with Gasteiger partial charge in [0.05, 0.1) is 5.92 Å². The molecule has 1 saturated carbocycles. The fourth-order valence-electron chi connectivity index (χ4n) is 2.43. The summed E-state index contributed by atoms with van der Waals surface area (Å²) in [5.41, 5.74) is 0. The maximum absolute atomic E-state index is 12.6. The second-order valence-corrected chi connectivity index (χ2v) is 4.65. The number of alkyl halides is 3. The summed E-state index contributed by atoms with van der Waals surface area (Å²) in [6.45, 7) is 0. The van der Waals surface area contributed by atoms with Crippen molar-refractivity contribution >= 4 is 6.21 Å². The molecule has 0 aromatic heterocycles. The molecule has 0 bridgehead atoms. The van der Waals surface area contributed by atoms with Gasteiger partial charge < -0.3 is 9.89 Å². The maximum Gasteiger partial charge on any atom is 0.391 e. The summed E-state index contributed by atoms with van der Waals surface area (Å²) in [5.74, 6) is -1.000. The first kappa shape index (κ1) is 13.5. The molecule has 0 amide bonds. The first-order chi connectivity index (χ1) is 7.36.